The third kappa shape index (κ3) is 7.09. The van der Waals surface area contributed by atoms with Gasteiger partial charge in [0.15, 0.2) is 18.1 Å². The maximum atomic E-state index is 12.0. The second-order valence-corrected chi connectivity index (χ2v) is 7.91. The fourth-order valence-corrected chi connectivity index (χ4v) is 2.95. The lowest BCUT2D eigenvalue weighted by Crippen LogP contribution is -2.24. The standard InChI is InChI=1S/C22H27BrN2O4/c1-14(2)18-11-17(23)7-9-19(18)28-13-22(26)25-24-12-16-6-8-20(29-15(3)4)21(10-16)27-5/h6-12,14-15H,13H2,1-5H3,(H,25,26)/b24-12+. The monoisotopic (exact) mass is 462 g/mol. The van der Waals surface area contributed by atoms with E-state index < -0.39 is 0 Å². The van der Waals surface area contributed by atoms with Crippen molar-refractivity contribution in [3.63, 3.8) is 0 Å². The lowest BCUT2D eigenvalue weighted by atomic mass is 10.0. The van der Waals surface area contributed by atoms with Crippen molar-refractivity contribution in [3.05, 3.63) is 52.0 Å². The van der Waals surface area contributed by atoms with E-state index >= 15 is 0 Å². The Hall–Kier alpha value is -2.54. The van der Waals surface area contributed by atoms with Crippen molar-refractivity contribution < 1.29 is 19.0 Å². The Morgan fingerprint density at radius 1 is 1.10 bits per heavy atom. The van der Waals surface area contributed by atoms with Gasteiger partial charge in [0.1, 0.15) is 5.75 Å². The summed E-state index contributed by atoms with van der Waals surface area (Å²) in [5.41, 5.74) is 4.28. The minimum Gasteiger partial charge on any atom is -0.493 e. The van der Waals surface area contributed by atoms with Crippen LogP contribution < -0.4 is 19.6 Å². The molecule has 1 amide bonds. The summed E-state index contributed by atoms with van der Waals surface area (Å²) in [5, 5.41) is 3.98. The third-order valence-electron chi connectivity index (χ3n) is 3.91. The molecule has 0 spiro atoms. The maximum Gasteiger partial charge on any atom is 0.277 e. The highest BCUT2D eigenvalue weighted by Gasteiger charge is 2.11. The van der Waals surface area contributed by atoms with Gasteiger partial charge in [-0.2, -0.15) is 5.10 Å². The molecular formula is C22H27BrN2O4. The zero-order valence-electron chi connectivity index (χ0n) is 17.4. The summed E-state index contributed by atoms with van der Waals surface area (Å²) in [4.78, 5) is 12.0. The molecule has 2 aromatic rings. The van der Waals surface area contributed by atoms with E-state index in [0.717, 1.165) is 15.6 Å². The first kappa shape index (κ1) is 22.7. The molecule has 6 nitrogen and oxygen atoms in total. The molecule has 29 heavy (non-hydrogen) atoms. The van der Waals surface area contributed by atoms with E-state index in [1.807, 2.05) is 44.2 Å². The molecule has 156 valence electrons. The Bertz CT molecular complexity index is 866. The first-order valence-electron chi connectivity index (χ1n) is 9.39. The number of hydrogen-bond acceptors (Lipinski definition) is 5. The van der Waals surface area contributed by atoms with E-state index in [0.29, 0.717) is 17.2 Å². The number of benzene rings is 2. The number of methoxy groups -OCH3 is 1. The summed E-state index contributed by atoms with van der Waals surface area (Å²) >= 11 is 3.46. The summed E-state index contributed by atoms with van der Waals surface area (Å²) in [5.74, 6) is 1.89. The zero-order valence-corrected chi connectivity index (χ0v) is 18.9. The van der Waals surface area contributed by atoms with Gasteiger partial charge < -0.3 is 14.2 Å². The zero-order chi connectivity index (χ0) is 21.4. The van der Waals surface area contributed by atoms with Gasteiger partial charge in [-0.3, -0.25) is 4.79 Å². The molecule has 0 unspecified atom stereocenters. The van der Waals surface area contributed by atoms with Crippen LogP contribution in [-0.4, -0.2) is 31.9 Å². The van der Waals surface area contributed by atoms with Crippen LogP contribution in [0.3, 0.4) is 0 Å². The molecule has 0 heterocycles. The van der Waals surface area contributed by atoms with Crippen molar-refractivity contribution in [2.45, 2.75) is 39.7 Å². The topological polar surface area (TPSA) is 69.2 Å². The van der Waals surface area contributed by atoms with Crippen molar-refractivity contribution >= 4 is 28.1 Å². The maximum absolute atomic E-state index is 12.0. The van der Waals surface area contributed by atoms with E-state index in [-0.39, 0.29) is 24.5 Å². The molecular weight excluding hydrogens is 436 g/mol. The minimum atomic E-state index is -0.342. The number of hydrazone groups is 1. The first-order chi connectivity index (χ1) is 13.8. The number of amides is 1. The average Bonchev–Trinajstić information content (AvgIpc) is 2.67. The number of halogens is 1. The smallest absolute Gasteiger partial charge is 0.277 e. The van der Waals surface area contributed by atoms with Gasteiger partial charge in [0.2, 0.25) is 0 Å². The molecule has 0 saturated carbocycles. The molecule has 0 aliphatic carbocycles. The Kier molecular flexibility index (Phi) is 8.51. The van der Waals surface area contributed by atoms with Gasteiger partial charge in [-0.25, -0.2) is 5.43 Å². The summed E-state index contributed by atoms with van der Waals surface area (Å²) in [7, 11) is 1.58. The number of ether oxygens (including phenoxy) is 3. The largest absolute Gasteiger partial charge is 0.493 e. The summed E-state index contributed by atoms with van der Waals surface area (Å²) in [6.45, 7) is 7.92. The number of carbonyl (C=O) groups excluding carboxylic acids is 1. The minimum absolute atomic E-state index is 0.0460. The molecule has 0 aromatic heterocycles. The predicted octanol–water partition coefficient (Wildman–Crippen LogP) is 4.90. The van der Waals surface area contributed by atoms with Crippen LogP contribution in [0.15, 0.2) is 46.0 Å². The first-order valence-corrected chi connectivity index (χ1v) is 10.2. The van der Waals surface area contributed by atoms with Crippen LogP contribution in [0.5, 0.6) is 17.2 Å². The third-order valence-corrected chi connectivity index (χ3v) is 4.40. The van der Waals surface area contributed by atoms with Crippen molar-refractivity contribution in [2.24, 2.45) is 5.10 Å². The number of rotatable bonds is 9. The van der Waals surface area contributed by atoms with Crippen molar-refractivity contribution in [1.29, 1.82) is 0 Å². The Balaban J connectivity index is 1.93. The van der Waals surface area contributed by atoms with E-state index in [9.17, 15) is 4.79 Å². The molecule has 0 atom stereocenters. The van der Waals surface area contributed by atoms with Crippen LogP contribution in [0.25, 0.3) is 0 Å². The van der Waals surface area contributed by atoms with Crippen molar-refractivity contribution in [2.75, 3.05) is 13.7 Å². The summed E-state index contributed by atoms with van der Waals surface area (Å²) in [6, 6.07) is 11.2. The Morgan fingerprint density at radius 3 is 2.48 bits per heavy atom. The number of nitrogens with one attached hydrogen (secondary N) is 1. The van der Waals surface area contributed by atoms with Gasteiger partial charge >= 0.3 is 0 Å². The summed E-state index contributed by atoms with van der Waals surface area (Å²) in [6.07, 6.45) is 1.59. The highest BCUT2D eigenvalue weighted by molar-refractivity contribution is 9.10. The molecule has 2 rings (SSSR count). The number of carbonyl (C=O) groups is 1. The number of hydrogen-bond donors (Lipinski definition) is 1. The fraction of sp³-hybridized carbons (Fsp3) is 0.364. The number of nitrogens with zero attached hydrogens (tertiary/aromatic N) is 1. The van der Waals surface area contributed by atoms with Crippen LogP contribution in [0.2, 0.25) is 0 Å². The van der Waals surface area contributed by atoms with Gasteiger partial charge in [0.25, 0.3) is 5.91 Å². The highest BCUT2D eigenvalue weighted by atomic mass is 79.9. The summed E-state index contributed by atoms with van der Waals surface area (Å²) < 4.78 is 17.7. The molecule has 0 aliphatic rings. The molecule has 2 aromatic carbocycles. The molecule has 1 N–H and O–H groups in total. The quantitative estimate of drug-likeness (QED) is 0.425. The van der Waals surface area contributed by atoms with Gasteiger partial charge in [0.05, 0.1) is 19.4 Å². The van der Waals surface area contributed by atoms with Crippen LogP contribution in [0, 0.1) is 0 Å². The molecule has 0 saturated heterocycles. The van der Waals surface area contributed by atoms with E-state index in [1.165, 1.54) is 0 Å². The molecule has 0 bridgehead atoms. The molecule has 7 heteroatoms. The Labute approximate surface area is 180 Å². The van der Waals surface area contributed by atoms with Crippen LogP contribution in [0.4, 0.5) is 0 Å². The lowest BCUT2D eigenvalue weighted by molar-refractivity contribution is -0.123. The molecule has 0 radical (unpaired) electrons. The van der Waals surface area contributed by atoms with E-state index in [2.05, 4.69) is 40.3 Å². The van der Waals surface area contributed by atoms with Crippen LogP contribution in [0.1, 0.15) is 44.7 Å². The van der Waals surface area contributed by atoms with Crippen molar-refractivity contribution in [1.82, 2.24) is 5.43 Å². The van der Waals surface area contributed by atoms with Gasteiger partial charge in [-0.15, -0.1) is 0 Å². The highest BCUT2D eigenvalue weighted by Crippen LogP contribution is 2.30. The predicted molar refractivity (Wildman–Crippen MR) is 118 cm³/mol. The fourth-order valence-electron chi connectivity index (χ4n) is 2.57. The molecule has 0 fully saturated rings. The van der Waals surface area contributed by atoms with Crippen molar-refractivity contribution in [3.8, 4) is 17.2 Å². The Morgan fingerprint density at radius 2 is 1.83 bits per heavy atom. The van der Waals surface area contributed by atoms with Crippen LogP contribution in [-0.2, 0) is 4.79 Å². The van der Waals surface area contributed by atoms with Gasteiger partial charge in [0, 0.05) is 4.47 Å². The SMILES string of the molecule is COc1cc(/C=N/NC(=O)COc2ccc(Br)cc2C(C)C)ccc1OC(C)C. The van der Waals surface area contributed by atoms with E-state index in [4.69, 9.17) is 14.2 Å². The molecule has 0 aliphatic heterocycles. The second-order valence-electron chi connectivity index (χ2n) is 7.00. The second kappa shape index (κ2) is 10.9. The van der Waals surface area contributed by atoms with Crippen LogP contribution >= 0.6 is 15.9 Å². The lowest BCUT2D eigenvalue weighted by Gasteiger charge is -2.14. The van der Waals surface area contributed by atoms with Gasteiger partial charge in [-0.05, 0) is 67.3 Å². The normalized spacial score (nSPS) is 11.2. The average molecular weight is 463 g/mol. The van der Waals surface area contributed by atoms with E-state index in [1.54, 1.807) is 19.4 Å². The van der Waals surface area contributed by atoms with Gasteiger partial charge in [-0.1, -0.05) is 29.8 Å².